The molecule has 0 aliphatic heterocycles. The van der Waals surface area contributed by atoms with Crippen LogP contribution in [0.5, 0.6) is 5.75 Å². The van der Waals surface area contributed by atoms with Crippen LogP contribution in [-0.4, -0.2) is 21.9 Å². The van der Waals surface area contributed by atoms with Gasteiger partial charge in [-0.15, -0.1) is 0 Å². The minimum Gasteiger partial charge on any atom is -0.494 e. The molecule has 0 saturated heterocycles. The Morgan fingerprint density at radius 1 is 1.15 bits per heavy atom. The Hall–Kier alpha value is -1.81. The highest BCUT2D eigenvalue weighted by Crippen LogP contribution is 2.15. The van der Waals surface area contributed by atoms with E-state index in [1.165, 1.54) is 0 Å². The number of nitrogens with one attached hydrogen (secondary N) is 1. The van der Waals surface area contributed by atoms with Crippen molar-refractivity contribution in [3.05, 3.63) is 42.2 Å². The van der Waals surface area contributed by atoms with Crippen molar-refractivity contribution >= 4 is 0 Å². The van der Waals surface area contributed by atoms with Crippen LogP contribution in [0.1, 0.15) is 33.4 Å². The first-order chi connectivity index (χ1) is 9.48. The molecule has 1 aromatic carbocycles. The molecule has 4 nitrogen and oxygen atoms in total. The summed E-state index contributed by atoms with van der Waals surface area (Å²) in [5.41, 5.74) is 2.17. The molecule has 0 atom stereocenters. The average molecular weight is 273 g/mol. The molecule has 2 aromatic rings. The van der Waals surface area contributed by atoms with Crippen molar-refractivity contribution in [1.29, 1.82) is 0 Å². The van der Waals surface area contributed by atoms with Gasteiger partial charge in [-0.1, -0.05) is 0 Å². The van der Waals surface area contributed by atoms with E-state index in [2.05, 4.69) is 31.2 Å². The van der Waals surface area contributed by atoms with Crippen LogP contribution in [0.2, 0.25) is 0 Å². The molecular weight excluding hydrogens is 250 g/mol. The zero-order chi connectivity index (χ0) is 14.6. The van der Waals surface area contributed by atoms with Gasteiger partial charge in [0, 0.05) is 18.3 Å². The second kappa shape index (κ2) is 6.09. The lowest BCUT2D eigenvalue weighted by Gasteiger charge is -2.19. The SMILES string of the molecule is CCOc1ccc(-n2ccc(CNC(C)(C)C)n2)cc1. The van der Waals surface area contributed by atoms with Gasteiger partial charge < -0.3 is 10.1 Å². The third-order valence-electron chi connectivity index (χ3n) is 2.86. The Morgan fingerprint density at radius 2 is 1.85 bits per heavy atom. The molecule has 0 unspecified atom stereocenters. The van der Waals surface area contributed by atoms with Crippen LogP contribution in [0.25, 0.3) is 5.69 Å². The van der Waals surface area contributed by atoms with Crippen LogP contribution in [0, 0.1) is 0 Å². The van der Waals surface area contributed by atoms with E-state index >= 15 is 0 Å². The highest BCUT2D eigenvalue weighted by Gasteiger charge is 2.09. The van der Waals surface area contributed by atoms with E-state index in [0.29, 0.717) is 6.61 Å². The Balaban J connectivity index is 2.04. The lowest BCUT2D eigenvalue weighted by atomic mass is 10.1. The molecule has 0 aliphatic carbocycles. The molecule has 0 amide bonds. The normalized spacial score (nSPS) is 11.6. The summed E-state index contributed by atoms with van der Waals surface area (Å²) in [6.07, 6.45) is 1.98. The first-order valence-corrected chi connectivity index (χ1v) is 7.01. The van der Waals surface area contributed by atoms with E-state index in [1.807, 2.05) is 48.1 Å². The second-order valence-electron chi connectivity index (χ2n) is 5.78. The molecule has 0 fully saturated rings. The van der Waals surface area contributed by atoms with Crippen molar-refractivity contribution in [2.24, 2.45) is 0 Å². The number of rotatable bonds is 5. The molecule has 4 heteroatoms. The summed E-state index contributed by atoms with van der Waals surface area (Å²) in [5, 5.41) is 8.01. The molecule has 2 rings (SSSR count). The Morgan fingerprint density at radius 3 is 2.45 bits per heavy atom. The second-order valence-corrected chi connectivity index (χ2v) is 5.78. The summed E-state index contributed by atoms with van der Waals surface area (Å²) in [6.45, 7) is 9.89. The van der Waals surface area contributed by atoms with Gasteiger partial charge in [0.2, 0.25) is 0 Å². The minimum absolute atomic E-state index is 0.100. The molecule has 1 aromatic heterocycles. The van der Waals surface area contributed by atoms with Crippen LogP contribution >= 0.6 is 0 Å². The Labute approximate surface area is 120 Å². The van der Waals surface area contributed by atoms with E-state index in [-0.39, 0.29) is 5.54 Å². The zero-order valence-corrected chi connectivity index (χ0v) is 12.7. The molecule has 1 N–H and O–H groups in total. The van der Waals surface area contributed by atoms with E-state index in [9.17, 15) is 0 Å². The third kappa shape index (κ3) is 4.10. The van der Waals surface area contributed by atoms with E-state index in [0.717, 1.165) is 23.7 Å². The topological polar surface area (TPSA) is 39.1 Å². The van der Waals surface area contributed by atoms with Gasteiger partial charge in [-0.05, 0) is 58.0 Å². The number of benzene rings is 1. The van der Waals surface area contributed by atoms with Crippen molar-refractivity contribution in [2.75, 3.05) is 6.61 Å². The van der Waals surface area contributed by atoms with Crippen LogP contribution < -0.4 is 10.1 Å². The lowest BCUT2D eigenvalue weighted by Crippen LogP contribution is -2.35. The van der Waals surface area contributed by atoms with Gasteiger partial charge in [0.25, 0.3) is 0 Å². The van der Waals surface area contributed by atoms with Crippen LogP contribution in [-0.2, 0) is 6.54 Å². The fourth-order valence-corrected chi connectivity index (χ4v) is 1.82. The predicted octanol–water partition coefficient (Wildman–Crippen LogP) is 3.16. The molecule has 0 saturated carbocycles. The highest BCUT2D eigenvalue weighted by atomic mass is 16.5. The van der Waals surface area contributed by atoms with E-state index < -0.39 is 0 Å². The summed E-state index contributed by atoms with van der Waals surface area (Å²) in [5.74, 6) is 0.887. The Kier molecular flexibility index (Phi) is 4.45. The first-order valence-electron chi connectivity index (χ1n) is 7.01. The number of aromatic nitrogens is 2. The van der Waals surface area contributed by atoms with Crippen LogP contribution in [0.4, 0.5) is 0 Å². The summed E-state index contributed by atoms with van der Waals surface area (Å²) in [7, 11) is 0. The molecule has 0 aliphatic rings. The number of ether oxygens (including phenoxy) is 1. The van der Waals surface area contributed by atoms with Crippen molar-refractivity contribution in [3.8, 4) is 11.4 Å². The number of hydrogen-bond acceptors (Lipinski definition) is 3. The van der Waals surface area contributed by atoms with Gasteiger partial charge in [-0.25, -0.2) is 4.68 Å². The zero-order valence-electron chi connectivity index (χ0n) is 12.7. The maximum Gasteiger partial charge on any atom is 0.119 e. The van der Waals surface area contributed by atoms with Crippen molar-refractivity contribution in [1.82, 2.24) is 15.1 Å². The summed E-state index contributed by atoms with van der Waals surface area (Å²) in [4.78, 5) is 0. The smallest absolute Gasteiger partial charge is 0.119 e. The third-order valence-corrected chi connectivity index (χ3v) is 2.86. The quantitative estimate of drug-likeness (QED) is 0.909. The molecule has 108 valence electrons. The molecule has 0 spiro atoms. The number of hydrogen-bond donors (Lipinski definition) is 1. The fourth-order valence-electron chi connectivity index (χ4n) is 1.82. The fraction of sp³-hybridized carbons (Fsp3) is 0.438. The summed E-state index contributed by atoms with van der Waals surface area (Å²) >= 11 is 0. The molecular formula is C16H23N3O. The first kappa shape index (κ1) is 14.6. The van der Waals surface area contributed by atoms with Crippen molar-refractivity contribution in [3.63, 3.8) is 0 Å². The van der Waals surface area contributed by atoms with E-state index in [4.69, 9.17) is 4.74 Å². The van der Waals surface area contributed by atoms with Crippen LogP contribution in [0.15, 0.2) is 36.5 Å². The van der Waals surface area contributed by atoms with Gasteiger partial charge in [0.1, 0.15) is 5.75 Å². The standard InChI is InChI=1S/C16H23N3O/c1-5-20-15-8-6-14(7-9-15)19-11-10-13(18-19)12-17-16(2,3)4/h6-11,17H,5,12H2,1-4H3. The average Bonchev–Trinajstić information content (AvgIpc) is 2.86. The largest absolute Gasteiger partial charge is 0.494 e. The van der Waals surface area contributed by atoms with Gasteiger partial charge in [0.15, 0.2) is 0 Å². The lowest BCUT2D eigenvalue weighted by molar-refractivity contribution is 0.340. The van der Waals surface area contributed by atoms with Crippen LogP contribution in [0.3, 0.4) is 0 Å². The molecule has 0 bridgehead atoms. The molecule has 1 heterocycles. The van der Waals surface area contributed by atoms with Gasteiger partial charge in [-0.3, -0.25) is 0 Å². The highest BCUT2D eigenvalue weighted by molar-refractivity contribution is 5.36. The predicted molar refractivity (Wildman–Crippen MR) is 81.3 cm³/mol. The Bertz CT molecular complexity index is 538. The van der Waals surface area contributed by atoms with Gasteiger partial charge in [0.05, 0.1) is 18.0 Å². The maximum atomic E-state index is 5.44. The minimum atomic E-state index is 0.100. The molecule has 20 heavy (non-hydrogen) atoms. The maximum absolute atomic E-state index is 5.44. The van der Waals surface area contributed by atoms with Gasteiger partial charge in [-0.2, -0.15) is 5.10 Å². The van der Waals surface area contributed by atoms with Crippen molar-refractivity contribution < 1.29 is 4.74 Å². The monoisotopic (exact) mass is 273 g/mol. The summed E-state index contributed by atoms with van der Waals surface area (Å²) < 4.78 is 7.32. The molecule has 0 radical (unpaired) electrons. The van der Waals surface area contributed by atoms with Crippen molar-refractivity contribution in [2.45, 2.75) is 39.8 Å². The van der Waals surface area contributed by atoms with Gasteiger partial charge >= 0.3 is 0 Å². The summed E-state index contributed by atoms with van der Waals surface area (Å²) in [6, 6.07) is 9.99. The number of nitrogens with zero attached hydrogens (tertiary/aromatic N) is 2. The van der Waals surface area contributed by atoms with E-state index in [1.54, 1.807) is 0 Å².